The van der Waals surface area contributed by atoms with Crippen LogP contribution in [-0.2, 0) is 11.3 Å². The van der Waals surface area contributed by atoms with Crippen LogP contribution in [0, 0.1) is 6.92 Å². The molecule has 6 nitrogen and oxygen atoms in total. The Morgan fingerprint density at radius 3 is 2.79 bits per heavy atom. The van der Waals surface area contributed by atoms with Crippen LogP contribution in [0.2, 0.25) is 0 Å². The molecule has 1 aromatic carbocycles. The molecule has 2 aromatic heterocycles. The van der Waals surface area contributed by atoms with E-state index >= 15 is 0 Å². The van der Waals surface area contributed by atoms with Gasteiger partial charge in [0.1, 0.15) is 11.2 Å². The van der Waals surface area contributed by atoms with Crippen LogP contribution >= 0.6 is 11.3 Å². The number of benzene rings is 1. The molecule has 0 unspecified atom stereocenters. The highest BCUT2D eigenvalue weighted by atomic mass is 32.1. The van der Waals surface area contributed by atoms with Gasteiger partial charge in [0.2, 0.25) is 5.91 Å². The topological polar surface area (TPSA) is 64.3 Å². The van der Waals surface area contributed by atoms with E-state index in [1.165, 1.54) is 20.5 Å². The van der Waals surface area contributed by atoms with Gasteiger partial charge >= 0.3 is 5.69 Å². The minimum absolute atomic E-state index is 0.0531. The molecule has 1 fully saturated rings. The first-order valence-corrected chi connectivity index (χ1v) is 10.4. The van der Waals surface area contributed by atoms with E-state index in [1.807, 2.05) is 30.9 Å². The number of hydrogen-bond donors (Lipinski definition) is 0. The summed E-state index contributed by atoms with van der Waals surface area (Å²) in [6, 6.07) is 9.21. The maximum Gasteiger partial charge on any atom is 0.336 e. The van der Waals surface area contributed by atoms with Crippen molar-refractivity contribution in [1.29, 1.82) is 0 Å². The lowest BCUT2D eigenvalue weighted by Gasteiger charge is -2.33. The smallest absolute Gasteiger partial charge is 0.336 e. The van der Waals surface area contributed by atoms with Crippen molar-refractivity contribution >= 4 is 27.5 Å². The van der Waals surface area contributed by atoms with E-state index in [0.717, 1.165) is 31.4 Å². The average molecular weight is 398 g/mol. The Kier molecular flexibility index (Phi) is 4.93. The molecule has 1 amide bonds. The van der Waals surface area contributed by atoms with E-state index < -0.39 is 5.69 Å². The van der Waals surface area contributed by atoms with Gasteiger partial charge in [-0.3, -0.25) is 14.2 Å². The fourth-order valence-corrected chi connectivity index (χ4v) is 4.75. The normalized spacial score (nSPS) is 17.2. The van der Waals surface area contributed by atoms with Gasteiger partial charge in [-0.25, -0.2) is 9.36 Å². The first-order valence-electron chi connectivity index (χ1n) is 9.57. The largest absolute Gasteiger partial charge is 0.338 e. The van der Waals surface area contributed by atoms with Crippen molar-refractivity contribution in [2.24, 2.45) is 0 Å². The third kappa shape index (κ3) is 3.20. The summed E-state index contributed by atoms with van der Waals surface area (Å²) in [5.74, 6) is -0.0729. The van der Waals surface area contributed by atoms with Crippen molar-refractivity contribution in [2.75, 3.05) is 6.54 Å². The average Bonchev–Trinajstić information content (AvgIpc) is 3.15. The van der Waals surface area contributed by atoms with E-state index in [2.05, 4.69) is 0 Å². The molecule has 0 radical (unpaired) electrons. The fraction of sp³-hybridized carbons (Fsp3) is 0.381. The zero-order valence-corrected chi connectivity index (χ0v) is 16.9. The summed E-state index contributed by atoms with van der Waals surface area (Å²) < 4.78 is 3.11. The van der Waals surface area contributed by atoms with E-state index in [-0.39, 0.29) is 24.1 Å². The minimum atomic E-state index is -0.473. The SMILES string of the molecule is Cc1cccc(-n2c(=O)c3sccc3n(CC(=O)N3CCCC[C@@H]3C)c2=O)c1. The monoisotopic (exact) mass is 397 g/mol. The van der Waals surface area contributed by atoms with Crippen molar-refractivity contribution in [1.82, 2.24) is 14.0 Å². The molecule has 28 heavy (non-hydrogen) atoms. The second kappa shape index (κ2) is 7.39. The Hall–Kier alpha value is -2.67. The van der Waals surface area contributed by atoms with Gasteiger partial charge in [0.05, 0.1) is 11.2 Å². The molecule has 0 aliphatic carbocycles. The molecule has 1 saturated heterocycles. The molecule has 3 heterocycles. The first kappa shape index (κ1) is 18.7. The van der Waals surface area contributed by atoms with Crippen LogP contribution < -0.4 is 11.2 Å². The summed E-state index contributed by atoms with van der Waals surface area (Å²) in [7, 11) is 0. The Morgan fingerprint density at radius 1 is 1.21 bits per heavy atom. The van der Waals surface area contributed by atoms with Crippen LogP contribution in [0.15, 0.2) is 45.3 Å². The molecular weight excluding hydrogens is 374 g/mol. The first-order chi connectivity index (χ1) is 13.5. The molecule has 0 N–H and O–H groups in total. The Balaban J connectivity index is 1.84. The van der Waals surface area contributed by atoms with Gasteiger partial charge in [0, 0.05) is 12.6 Å². The molecule has 1 aliphatic heterocycles. The van der Waals surface area contributed by atoms with Gasteiger partial charge in [-0.15, -0.1) is 11.3 Å². The number of hydrogen-bond acceptors (Lipinski definition) is 4. The van der Waals surface area contributed by atoms with Crippen molar-refractivity contribution < 1.29 is 4.79 Å². The fourth-order valence-electron chi connectivity index (χ4n) is 3.93. The number of likely N-dealkylation sites (tertiary alicyclic amines) is 1. The summed E-state index contributed by atoms with van der Waals surface area (Å²) in [6.07, 6.45) is 3.09. The van der Waals surface area contributed by atoms with E-state index in [9.17, 15) is 14.4 Å². The summed E-state index contributed by atoms with van der Waals surface area (Å²) >= 11 is 1.30. The van der Waals surface area contributed by atoms with E-state index in [0.29, 0.717) is 15.9 Å². The zero-order chi connectivity index (χ0) is 19.8. The predicted octanol–water partition coefficient (Wildman–Crippen LogP) is 2.92. The Morgan fingerprint density at radius 2 is 2.04 bits per heavy atom. The van der Waals surface area contributed by atoms with Gasteiger partial charge in [0.15, 0.2) is 0 Å². The van der Waals surface area contributed by atoms with Gasteiger partial charge in [-0.1, -0.05) is 12.1 Å². The van der Waals surface area contributed by atoms with Crippen LogP contribution in [0.4, 0.5) is 0 Å². The van der Waals surface area contributed by atoms with Gasteiger partial charge in [0.25, 0.3) is 5.56 Å². The van der Waals surface area contributed by atoms with E-state index in [1.54, 1.807) is 23.6 Å². The lowest BCUT2D eigenvalue weighted by atomic mass is 10.0. The second-order valence-electron chi connectivity index (χ2n) is 7.42. The summed E-state index contributed by atoms with van der Waals surface area (Å²) in [5.41, 5.74) is 1.20. The molecule has 1 aliphatic rings. The molecule has 1 atom stereocenters. The van der Waals surface area contributed by atoms with Crippen LogP contribution in [0.25, 0.3) is 15.9 Å². The predicted molar refractivity (Wildman–Crippen MR) is 111 cm³/mol. The summed E-state index contributed by atoms with van der Waals surface area (Å²) in [6.45, 7) is 4.63. The van der Waals surface area contributed by atoms with Crippen molar-refractivity contribution in [3.63, 3.8) is 0 Å². The molecule has 0 saturated carbocycles. The van der Waals surface area contributed by atoms with E-state index in [4.69, 9.17) is 0 Å². The number of thiophene rings is 1. The lowest BCUT2D eigenvalue weighted by molar-refractivity contribution is -0.135. The number of aromatic nitrogens is 2. The van der Waals surface area contributed by atoms with Crippen molar-refractivity contribution in [3.8, 4) is 5.69 Å². The molecule has 3 aromatic rings. The number of aryl methyl sites for hydroxylation is 1. The molecular formula is C21H23N3O3S. The molecule has 0 bridgehead atoms. The zero-order valence-electron chi connectivity index (χ0n) is 16.1. The summed E-state index contributed by atoms with van der Waals surface area (Å²) in [5, 5.41) is 1.79. The number of piperidine rings is 1. The Bertz CT molecular complexity index is 1160. The molecule has 4 rings (SSSR count). The van der Waals surface area contributed by atoms with Gasteiger partial charge < -0.3 is 4.90 Å². The number of rotatable bonds is 3. The highest BCUT2D eigenvalue weighted by Gasteiger charge is 2.25. The van der Waals surface area contributed by atoms with Crippen molar-refractivity contribution in [3.05, 3.63) is 62.1 Å². The third-order valence-corrected chi connectivity index (χ3v) is 6.32. The second-order valence-corrected chi connectivity index (χ2v) is 8.33. The summed E-state index contributed by atoms with van der Waals surface area (Å²) in [4.78, 5) is 41.1. The van der Waals surface area contributed by atoms with Crippen LogP contribution in [0.5, 0.6) is 0 Å². The number of amides is 1. The van der Waals surface area contributed by atoms with Crippen LogP contribution in [-0.4, -0.2) is 32.5 Å². The third-order valence-electron chi connectivity index (χ3n) is 5.43. The quantitative estimate of drug-likeness (QED) is 0.683. The molecule has 7 heteroatoms. The number of fused-ring (bicyclic) bond motifs is 1. The van der Waals surface area contributed by atoms with Crippen molar-refractivity contribution in [2.45, 2.75) is 45.7 Å². The standard InChI is InChI=1S/C21H23N3O3S/c1-14-6-5-8-16(12-14)24-20(26)19-17(9-11-28-19)23(21(24)27)13-18(25)22-10-4-3-7-15(22)2/h5-6,8-9,11-12,15H,3-4,7,10,13H2,1-2H3/t15-/m0/s1. The number of carbonyl (C=O) groups is 1. The Labute approximate surface area is 166 Å². The molecule has 0 spiro atoms. The lowest BCUT2D eigenvalue weighted by Crippen LogP contribution is -2.46. The number of carbonyl (C=O) groups excluding carboxylic acids is 1. The van der Waals surface area contributed by atoms with Gasteiger partial charge in [-0.2, -0.15) is 0 Å². The maximum absolute atomic E-state index is 13.3. The number of nitrogens with zero attached hydrogens (tertiary/aromatic N) is 3. The van der Waals surface area contributed by atoms with Gasteiger partial charge in [-0.05, 0) is 62.3 Å². The minimum Gasteiger partial charge on any atom is -0.338 e. The maximum atomic E-state index is 13.3. The van der Waals surface area contributed by atoms with Crippen LogP contribution in [0.3, 0.4) is 0 Å². The highest BCUT2D eigenvalue weighted by Crippen LogP contribution is 2.19. The molecule has 146 valence electrons. The van der Waals surface area contributed by atoms with Crippen LogP contribution in [0.1, 0.15) is 31.7 Å². The highest BCUT2D eigenvalue weighted by molar-refractivity contribution is 7.17.